The molecule has 4 heteroatoms. The lowest BCUT2D eigenvalue weighted by Crippen LogP contribution is -2.49. The van der Waals surface area contributed by atoms with E-state index in [1.165, 1.54) is 17.7 Å². The standard InChI is InChI=1S/C21H25FN2O/c1-16(17-6-4-3-5-7-17)14-21(25)24-13-12-23(2)20(15-24)18-8-10-19(22)11-9-18/h3-11,16,20H,12-15H2,1-2H3. The molecule has 0 saturated carbocycles. The molecule has 1 amide bonds. The summed E-state index contributed by atoms with van der Waals surface area (Å²) in [6.45, 7) is 4.32. The highest BCUT2D eigenvalue weighted by molar-refractivity contribution is 5.77. The van der Waals surface area contributed by atoms with Crippen molar-refractivity contribution in [3.8, 4) is 0 Å². The number of hydrogen-bond acceptors (Lipinski definition) is 2. The molecule has 1 aliphatic heterocycles. The van der Waals surface area contributed by atoms with Crippen LogP contribution < -0.4 is 0 Å². The SMILES string of the molecule is CC(CC(=O)N1CCN(C)C(c2ccc(F)cc2)C1)c1ccccc1. The molecular weight excluding hydrogens is 315 g/mol. The van der Waals surface area contributed by atoms with Crippen LogP contribution in [0.15, 0.2) is 54.6 Å². The number of rotatable bonds is 4. The second-order valence-electron chi connectivity index (χ2n) is 6.90. The highest BCUT2D eigenvalue weighted by Gasteiger charge is 2.29. The predicted molar refractivity (Wildman–Crippen MR) is 97.8 cm³/mol. The second-order valence-corrected chi connectivity index (χ2v) is 6.90. The van der Waals surface area contributed by atoms with Crippen LogP contribution in [-0.2, 0) is 4.79 Å². The fourth-order valence-electron chi connectivity index (χ4n) is 3.44. The summed E-state index contributed by atoms with van der Waals surface area (Å²) in [7, 11) is 2.06. The van der Waals surface area contributed by atoms with Crippen LogP contribution in [0.3, 0.4) is 0 Å². The molecule has 0 spiro atoms. The van der Waals surface area contributed by atoms with Crippen molar-refractivity contribution in [1.29, 1.82) is 0 Å². The zero-order chi connectivity index (χ0) is 17.8. The fraction of sp³-hybridized carbons (Fsp3) is 0.381. The van der Waals surface area contributed by atoms with E-state index in [0.717, 1.165) is 18.7 Å². The second kappa shape index (κ2) is 7.79. The highest BCUT2D eigenvalue weighted by atomic mass is 19.1. The van der Waals surface area contributed by atoms with Gasteiger partial charge >= 0.3 is 0 Å². The maximum Gasteiger partial charge on any atom is 0.223 e. The van der Waals surface area contributed by atoms with Crippen LogP contribution in [-0.4, -0.2) is 42.4 Å². The maximum absolute atomic E-state index is 13.2. The maximum atomic E-state index is 13.2. The minimum Gasteiger partial charge on any atom is -0.339 e. The van der Waals surface area contributed by atoms with Crippen molar-refractivity contribution in [3.05, 3.63) is 71.5 Å². The number of benzene rings is 2. The third kappa shape index (κ3) is 4.26. The average Bonchev–Trinajstić information content (AvgIpc) is 2.63. The molecule has 0 bridgehead atoms. The van der Waals surface area contributed by atoms with Crippen molar-refractivity contribution in [3.63, 3.8) is 0 Å². The van der Waals surface area contributed by atoms with Crippen molar-refractivity contribution in [2.45, 2.75) is 25.3 Å². The lowest BCUT2D eigenvalue weighted by Gasteiger charge is -2.40. The van der Waals surface area contributed by atoms with Gasteiger partial charge in [0.15, 0.2) is 0 Å². The van der Waals surface area contributed by atoms with E-state index in [0.29, 0.717) is 13.0 Å². The molecule has 0 N–H and O–H groups in total. The number of carbonyl (C=O) groups is 1. The molecule has 25 heavy (non-hydrogen) atoms. The first-order chi connectivity index (χ1) is 12.0. The zero-order valence-electron chi connectivity index (χ0n) is 14.9. The number of amides is 1. The van der Waals surface area contributed by atoms with Crippen molar-refractivity contribution >= 4 is 5.91 Å². The van der Waals surface area contributed by atoms with E-state index in [9.17, 15) is 9.18 Å². The van der Waals surface area contributed by atoms with Crippen molar-refractivity contribution in [2.75, 3.05) is 26.7 Å². The first kappa shape index (κ1) is 17.6. The molecule has 0 aliphatic carbocycles. The molecule has 132 valence electrons. The predicted octanol–water partition coefficient (Wildman–Crippen LogP) is 3.83. The number of hydrogen-bond donors (Lipinski definition) is 0. The number of nitrogens with zero attached hydrogens (tertiary/aromatic N) is 2. The van der Waals surface area contributed by atoms with Crippen LogP contribution in [0, 0.1) is 5.82 Å². The van der Waals surface area contributed by atoms with E-state index < -0.39 is 0 Å². The lowest BCUT2D eigenvalue weighted by atomic mass is 9.96. The Morgan fingerprint density at radius 2 is 1.80 bits per heavy atom. The van der Waals surface area contributed by atoms with Crippen molar-refractivity contribution in [2.24, 2.45) is 0 Å². The van der Waals surface area contributed by atoms with Crippen LogP contribution in [0.25, 0.3) is 0 Å². The first-order valence-corrected chi connectivity index (χ1v) is 8.83. The Morgan fingerprint density at radius 3 is 2.48 bits per heavy atom. The quantitative estimate of drug-likeness (QED) is 0.844. The summed E-state index contributed by atoms with van der Waals surface area (Å²) in [6.07, 6.45) is 0.518. The van der Waals surface area contributed by atoms with Gasteiger partial charge in [-0.05, 0) is 36.2 Å². The third-order valence-electron chi connectivity index (χ3n) is 5.10. The Balaban J connectivity index is 1.66. The van der Waals surface area contributed by atoms with Crippen LogP contribution in [0.5, 0.6) is 0 Å². The van der Waals surface area contributed by atoms with E-state index in [1.54, 1.807) is 0 Å². The van der Waals surface area contributed by atoms with Crippen LogP contribution in [0.2, 0.25) is 0 Å². The summed E-state index contributed by atoms with van der Waals surface area (Å²) in [4.78, 5) is 17.0. The molecule has 0 aromatic heterocycles. The van der Waals surface area contributed by atoms with Gasteiger partial charge in [0.05, 0.1) is 6.04 Å². The van der Waals surface area contributed by atoms with Gasteiger partial charge in [0.25, 0.3) is 0 Å². The summed E-state index contributed by atoms with van der Waals surface area (Å²) in [5.41, 5.74) is 2.25. The van der Waals surface area contributed by atoms with E-state index in [4.69, 9.17) is 0 Å². The van der Waals surface area contributed by atoms with Crippen LogP contribution in [0.1, 0.15) is 36.4 Å². The third-order valence-corrected chi connectivity index (χ3v) is 5.10. The first-order valence-electron chi connectivity index (χ1n) is 8.83. The van der Waals surface area contributed by atoms with Gasteiger partial charge < -0.3 is 4.90 Å². The summed E-state index contributed by atoms with van der Waals surface area (Å²) in [6, 6.07) is 16.9. The summed E-state index contributed by atoms with van der Waals surface area (Å²) >= 11 is 0. The molecular formula is C21H25FN2O. The van der Waals surface area contributed by atoms with Gasteiger partial charge in [-0.1, -0.05) is 49.4 Å². The Morgan fingerprint density at radius 1 is 1.12 bits per heavy atom. The van der Waals surface area contributed by atoms with E-state index in [2.05, 4.69) is 31.0 Å². The van der Waals surface area contributed by atoms with Gasteiger partial charge in [-0.15, -0.1) is 0 Å². The van der Waals surface area contributed by atoms with Gasteiger partial charge in [0.2, 0.25) is 5.91 Å². The Hall–Kier alpha value is -2.20. The molecule has 3 nitrogen and oxygen atoms in total. The van der Waals surface area contributed by atoms with Crippen molar-refractivity contribution < 1.29 is 9.18 Å². The fourth-order valence-corrected chi connectivity index (χ4v) is 3.44. The largest absolute Gasteiger partial charge is 0.339 e. The molecule has 2 aromatic rings. The van der Waals surface area contributed by atoms with Crippen LogP contribution in [0.4, 0.5) is 4.39 Å². The molecule has 1 aliphatic rings. The lowest BCUT2D eigenvalue weighted by molar-refractivity contribution is -0.134. The number of carbonyl (C=O) groups excluding carboxylic acids is 1. The summed E-state index contributed by atoms with van der Waals surface area (Å²) in [5, 5.41) is 0. The Labute approximate surface area is 149 Å². The molecule has 2 unspecified atom stereocenters. The Bertz CT molecular complexity index is 702. The van der Waals surface area contributed by atoms with Gasteiger partial charge in [-0.25, -0.2) is 4.39 Å². The number of halogens is 1. The molecule has 0 radical (unpaired) electrons. The van der Waals surface area contributed by atoms with E-state index >= 15 is 0 Å². The van der Waals surface area contributed by atoms with Gasteiger partial charge in [0, 0.05) is 26.1 Å². The van der Waals surface area contributed by atoms with Gasteiger partial charge in [-0.2, -0.15) is 0 Å². The number of likely N-dealkylation sites (N-methyl/N-ethyl adjacent to an activating group) is 1. The minimum atomic E-state index is -0.230. The van der Waals surface area contributed by atoms with Gasteiger partial charge in [0.1, 0.15) is 5.82 Å². The average molecular weight is 340 g/mol. The molecule has 1 fully saturated rings. The Kier molecular flexibility index (Phi) is 5.49. The van der Waals surface area contributed by atoms with E-state index in [-0.39, 0.29) is 23.7 Å². The molecule has 3 rings (SSSR count). The summed E-state index contributed by atoms with van der Waals surface area (Å²) < 4.78 is 13.2. The highest BCUT2D eigenvalue weighted by Crippen LogP contribution is 2.26. The topological polar surface area (TPSA) is 23.6 Å². The zero-order valence-corrected chi connectivity index (χ0v) is 14.9. The van der Waals surface area contributed by atoms with Crippen LogP contribution >= 0.6 is 0 Å². The molecule has 2 aromatic carbocycles. The summed E-state index contributed by atoms with van der Waals surface area (Å²) in [5.74, 6) is 0.168. The van der Waals surface area contributed by atoms with Crippen molar-refractivity contribution in [1.82, 2.24) is 9.80 Å². The normalized spacial score (nSPS) is 19.6. The minimum absolute atomic E-state index is 0.116. The van der Waals surface area contributed by atoms with Gasteiger partial charge in [-0.3, -0.25) is 9.69 Å². The molecule has 1 saturated heterocycles. The molecule has 2 atom stereocenters. The monoisotopic (exact) mass is 340 g/mol. The number of piperazine rings is 1. The molecule has 1 heterocycles. The smallest absolute Gasteiger partial charge is 0.223 e. The van der Waals surface area contributed by atoms with E-state index in [1.807, 2.05) is 35.2 Å².